The molecule has 2 rings (SSSR count). The van der Waals surface area contributed by atoms with Crippen LogP contribution in [0.2, 0.25) is 0 Å². The maximum atomic E-state index is 5.74. The second-order valence-electron chi connectivity index (χ2n) is 4.03. The zero-order chi connectivity index (χ0) is 12.3. The van der Waals surface area contributed by atoms with Crippen LogP contribution < -0.4 is 10.5 Å². The van der Waals surface area contributed by atoms with Gasteiger partial charge in [-0.2, -0.15) is 0 Å². The van der Waals surface area contributed by atoms with Crippen LogP contribution in [0.1, 0.15) is 19.4 Å². The summed E-state index contributed by atoms with van der Waals surface area (Å²) in [5.41, 5.74) is 6.79. The Morgan fingerprint density at radius 3 is 2.65 bits per heavy atom. The third kappa shape index (κ3) is 2.48. The SMILES string of the molecule is C/C=C\c1ccc2ccccc2c1OC(C)N. The van der Waals surface area contributed by atoms with Gasteiger partial charge in [-0.1, -0.05) is 48.6 Å². The maximum absolute atomic E-state index is 5.74. The number of fused-ring (bicyclic) bond motifs is 1. The third-order valence-electron chi connectivity index (χ3n) is 2.56. The normalized spacial score (nSPS) is 13.1. The summed E-state index contributed by atoms with van der Waals surface area (Å²) in [6.45, 7) is 3.83. The Hall–Kier alpha value is -1.80. The van der Waals surface area contributed by atoms with Gasteiger partial charge in [-0.25, -0.2) is 0 Å². The lowest BCUT2D eigenvalue weighted by molar-refractivity contribution is 0.232. The van der Waals surface area contributed by atoms with E-state index in [1.807, 2.05) is 38.1 Å². The summed E-state index contributed by atoms with van der Waals surface area (Å²) >= 11 is 0. The molecule has 0 aliphatic heterocycles. The van der Waals surface area contributed by atoms with E-state index in [1.165, 1.54) is 0 Å². The van der Waals surface area contributed by atoms with Crippen molar-refractivity contribution >= 4 is 16.8 Å². The molecule has 1 unspecified atom stereocenters. The van der Waals surface area contributed by atoms with Gasteiger partial charge in [0.05, 0.1) is 0 Å². The van der Waals surface area contributed by atoms with Crippen molar-refractivity contribution in [3.8, 4) is 5.75 Å². The Kier molecular flexibility index (Phi) is 3.45. The summed E-state index contributed by atoms with van der Waals surface area (Å²) in [7, 11) is 0. The van der Waals surface area contributed by atoms with Gasteiger partial charge in [0.1, 0.15) is 12.0 Å². The van der Waals surface area contributed by atoms with E-state index >= 15 is 0 Å². The number of allylic oxidation sites excluding steroid dienone is 1. The highest BCUT2D eigenvalue weighted by atomic mass is 16.5. The molecule has 1 atom stereocenters. The van der Waals surface area contributed by atoms with Crippen molar-refractivity contribution in [2.45, 2.75) is 20.1 Å². The van der Waals surface area contributed by atoms with Crippen LogP contribution >= 0.6 is 0 Å². The molecule has 0 saturated carbocycles. The Morgan fingerprint density at radius 1 is 1.18 bits per heavy atom. The van der Waals surface area contributed by atoms with E-state index in [0.29, 0.717) is 0 Å². The van der Waals surface area contributed by atoms with E-state index in [2.05, 4.69) is 24.3 Å². The van der Waals surface area contributed by atoms with Crippen LogP contribution in [0.15, 0.2) is 42.5 Å². The molecule has 0 aromatic heterocycles. The maximum Gasteiger partial charge on any atom is 0.144 e. The number of benzene rings is 2. The average Bonchev–Trinajstić information content (AvgIpc) is 2.32. The van der Waals surface area contributed by atoms with Crippen LogP contribution in [0.5, 0.6) is 5.75 Å². The van der Waals surface area contributed by atoms with Crippen LogP contribution in [0.4, 0.5) is 0 Å². The highest BCUT2D eigenvalue weighted by molar-refractivity contribution is 5.91. The van der Waals surface area contributed by atoms with Gasteiger partial charge in [0.25, 0.3) is 0 Å². The molecular weight excluding hydrogens is 210 g/mol. The average molecular weight is 227 g/mol. The molecule has 17 heavy (non-hydrogen) atoms. The monoisotopic (exact) mass is 227 g/mol. The highest BCUT2D eigenvalue weighted by Crippen LogP contribution is 2.31. The van der Waals surface area contributed by atoms with Gasteiger partial charge in [0.2, 0.25) is 0 Å². The molecule has 2 N–H and O–H groups in total. The second-order valence-corrected chi connectivity index (χ2v) is 4.03. The molecule has 2 aromatic rings. The molecule has 0 bridgehead atoms. The summed E-state index contributed by atoms with van der Waals surface area (Å²) < 4.78 is 5.74. The zero-order valence-corrected chi connectivity index (χ0v) is 10.2. The standard InChI is InChI=1S/C15H17NO/c1-3-6-13-10-9-12-7-4-5-8-14(12)15(13)17-11(2)16/h3-11H,16H2,1-2H3/b6-3-. The largest absolute Gasteiger partial charge is 0.475 e. The molecule has 2 nitrogen and oxygen atoms in total. The first-order chi connectivity index (χ1) is 8.22. The number of rotatable bonds is 3. The Balaban J connectivity index is 2.65. The minimum absolute atomic E-state index is 0.315. The third-order valence-corrected chi connectivity index (χ3v) is 2.56. The lowest BCUT2D eigenvalue weighted by Gasteiger charge is -2.15. The Bertz CT molecular complexity index is 544. The summed E-state index contributed by atoms with van der Waals surface area (Å²) in [6.07, 6.45) is 3.72. The van der Waals surface area contributed by atoms with Gasteiger partial charge < -0.3 is 4.74 Å². The molecule has 88 valence electrons. The second kappa shape index (κ2) is 5.02. The first-order valence-corrected chi connectivity index (χ1v) is 5.79. The van der Waals surface area contributed by atoms with Crippen molar-refractivity contribution in [2.75, 3.05) is 0 Å². The predicted molar refractivity (Wildman–Crippen MR) is 72.9 cm³/mol. The topological polar surface area (TPSA) is 35.2 Å². The van der Waals surface area contributed by atoms with E-state index < -0.39 is 0 Å². The fraction of sp³-hybridized carbons (Fsp3) is 0.200. The zero-order valence-electron chi connectivity index (χ0n) is 10.2. The molecule has 0 amide bonds. The molecule has 0 fully saturated rings. The fourth-order valence-corrected chi connectivity index (χ4v) is 1.89. The van der Waals surface area contributed by atoms with E-state index in [9.17, 15) is 0 Å². The first kappa shape index (κ1) is 11.7. The number of hydrogen-bond acceptors (Lipinski definition) is 2. The van der Waals surface area contributed by atoms with Crippen LogP contribution in [0, 0.1) is 0 Å². The summed E-state index contributed by atoms with van der Waals surface area (Å²) in [5.74, 6) is 0.858. The van der Waals surface area contributed by atoms with Crippen molar-refractivity contribution in [3.63, 3.8) is 0 Å². The molecule has 2 aromatic carbocycles. The smallest absolute Gasteiger partial charge is 0.144 e. The molecular formula is C15H17NO. The molecule has 0 aliphatic rings. The van der Waals surface area contributed by atoms with Crippen molar-refractivity contribution in [1.29, 1.82) is 0 Å². The van der Waals surface area contributed by atoms with Gasteiger partial charge in [-0.05, 0) is 19.2 Å². The van der Waals surface area contributed by atoms with Gasteiger partial charge in [0.15, 0.2) is 0 Å². The lowest BCUT2D eigenvalue weighted by atomic mass is 10.0. The molecule has 0 saturated heterocycles. The number of hydrogen-bond donors (Lipinski definition) is 1. The van der Waals surface area contributed by atoms with Gasteiger partial charge in [0, 0.05) is 10.9 Å². The Labute approximate surface area is 102 Å². The molecule has 0 radical (unpaired) electrons. The van der Waals surface area contributed by atoms with Crippen molar-refractivity contribution in [2.24, 2.45) is 5.73 Å². The van der Waals surface area contributed by atoms with E-state index in [0.717, 1.165) is 22.1 Å². The minimum Gasteiger partial charge on any atom is -0.475 e. The summed E-state index contributed by atoms with van der Waals surface area (Å²) in [6, 6.07) is 12.3. The van der Waals surface area contributed by atoms with Crippen LogP contribution in [0.3, 0.4) is 0 Å². The highest BCUT2D eigenvalue weighted by Gasteiger charge is 2.08. The van der Waals surface area contributed by atoms with Gasteiger partial charge in [-0.15, -0.1) is 0 Å². The molecule has 2 heteroatoms. The van der Waals surface area contributed by atoms with Crippen molar-refractivity contribution in [3.05, 3.63) is 48.0 Å². The molecule has 0 aliphatic carbocycles. The van der Waals surface area contributed by atoms with E-state index in [-0.39, 0.29) is 6.23 Å². The summed E-state index contributed by atoms with van der Waals surface area (Å²) in [5, 5.41) is 2.26. The lowest BCUT2D eigenvalue weighted by Crippen LogP contribution is -2.23. The van der Waals surface area contributed by atoms with Crippen LogP contribution in [-0.4, -0.2) is 6.23 Å². The van der Waals surface area contributed by atoms with E-state index in [4.69, 9.17) is 10.5 Å². The summed E-state index contributed by atoms with van der Waals surface area (Å²) in [4.78, 5) is 0. The Morgan fingerprint density at radius 2 is 1.94 bits per heavy atom. The predicted octanol–water partition coefficient (Wildman–Crippen LogP) is 3.56. The van der Waals surface area contributed by atoms with Crippen LogP contribution in [-0.2, 0) is 0 Å². The van der Waals surface area contributed by atoms with Gasteiger partial charge >= 0.3 is 0 Å². The quantitative estimate of drug-likeness (QED) is 0.814. The molecule has 0 heterocycles. The first-order valence-electron chi connectivity index (χ1n) is 5.79. The number of ether oxygens (including phenoxy) is 1. The minimum atomic E-state index is -0.315. The molecule has 0 spiro atoms. The fourth-order valence-electron chi connectivity index (χ4n) is 1.89. The number of nitrogens with two attached hydrogens (primary N) is 1. The van der Waals surface area contributed by atoms with Gasteiger partial charge in [-0.3, -0.25) is 5.73 Å². The van der Waals surface area contributed by atoms with Crippen molar-refractivity contribution in [1.82, 2.24) is 0 Å². The van der Waals surface area contributed by atoms with Crippen LogP contribution in [0.25, 0.3) is 16.8 Å². The van der Waals surface area contributed by atoms with Crippen molar-refractivity contribution < 1.29 is 4.74 Å². The van der Waals surface area contributed by atoms with E-state index in [1.54, 1.807) is 0 Å².